The van der Waals surface area contributed by atoms with Gasteiger partial charge in [0.25, 0.3) is 5.91 Å². The molecule has 33 heavy (non-hydrogen) atoms. The molecule has 9 heteroatoms. The van der Waals surface area contributed by atoms with E-state index >= 15 is 0 Å². The van der Waals surface area contributed by atoms with Crippen molar-refractivity contribution in [3.05, 3.63) is 59.2 Å². The molecule has 9 nitrogen and oxygen atoms in total. The van der Waals surface area contributed by atoms with E-state index in [1.807, 2.05) is 25.1 Å². The van der Waals surface area contributed by atoms with Crippen molar-refractivity contribution >= 4 is 17.8 Å². The quantitative estimate of drug-likeness (QED) is 0.590. The molecule has 2 amide bonds. The van der Waals surface area contributed by atoms with E-state index in [0.29, 0.717) is 30.3 Å². The second kappa shape index (κ2) is 9.40. The maximum atomic E-state index is 13.0. The van der Waals surface area contributed by atoms with Gasteiger partial charge in [0.05, 0.1) is 5.69 Å². The van der Waals surface area contributed by atoms with Crippen LogP contribution in [0.25, 0.3) is 11.1 Å². The van der Waals surface area contributed by atoms with Crippen molar-refractivity contribution in [2.75, 3.05) is 32.1 Å². The van der Waals surface area contributed by atoms with Crippen molar-refractivity contribution in [3.63, 3.8) is 0 Å². The summed E-state index contributed by atoms with van der Waals surface area (Å²) in [5, 5.41) is 3.96. The van der Waals surface area contributed by atoms with E-state index in [1.165, 1.54) is 0 Å². The van der Waals surface area contributed by atoms with Crippen molar-refractivity contribution in [3.8, 4) is 11.1 Å². The van der Waals surface area contributed by atoms with Crippen molar-refractivity contribution in [2.45, 2.75) is 32.1 Å². The number of carbonyl (C=O) groups is 2. The molecule has 1 fully saturated rings. The number of carbonyl (C=O) groups excluding carboxylic acids is 2. The molecule has 3 aromatic rings. The zero-order valence-corrected chi connectivity index (χ0v) is 19.1. The third-order valence-electron chi connectivity index (χ3n) is 5.80. The zero-order chi connectivity index (χ0) is 23.5. The van der Waals surface area contributed by atoms with Crippen LogP contribution in [0, 0.1) is 0 Å². The molecule has 0 unspecified atom stereocenters. The summed E-state index contributed by atoms with van der Waals surface area (Å²) >= 11 is 0. The molecule has 0 spiro atoms. The number of primary amides is 1. The molecule has 0 saturated carbocycles. The van der Waals surface area contributed by atoms with Crippen LogP contribution < -0.4 is 10.6 Å². The maximum Gasteiger partial charge on any atom is 0.276 e. The fourth-order valence-electron chi connectivity index (χ4n) is 4.08. The van der Waals surface area contributed by atoms with Crippen LogP contribution in [0.15, 0.2) is 41.1 Å². The summed E-state index contributed by atoms with van der Waals surface area (Å²) < 4.78 is 5.29. The lowest BCUT2D eigenvalue weighted by molar-refractivity contribution is 0.0780. The first-order valence-electron chi connectivity index (χ1n) is 11.1. The van der Waals surface area contributed by atoms with Gasteiger partial charge in [-0.2, -0.15) is 0 Å². The van der Waals surface area contributed by atoms with E-state index in [4.69, 9.17) is 15.2 Å². The van der Waals surface area contributed by atoms with Crippen LogP contribution in [-0.4, -0.2) is 59.0 Å². The average Bonchev–Trinajstić information content (AvgIpc) is 3.49. The standard InChI is InChI=1S/C24H28N6O3/c1-4-6-18-12-20(28-33-18)23(32)30-10-9-17(14-30)21-19(13-26-24(27-21)29(2)3)15-7-5-8-16(11-15)22(25)31/h5,7-8,11-13,17H,4,6,9-10,14H2,1-3H3,(H2,25,31)/t17-/m1/s1. The minimum atomic E-state index is -0.489. The van der Waals surface area contributed by atoms with Gasteiger partial charge in [0.2, 0.25) is 11.9 Å². The predicted molar refractivity (Wildman–Crippen MR) is 124 cm³/mol. The second-order valence-electron chi connectivity index (χ2n) is 8.47. The van der Waals surface area contributed by atoms with Gasteiger partial charge in [-0.05, 0) is 30.5 Å². The van der Waals surface area contributed by atoms with Gasteiger partial charge in [-0.3, -0.25) is 9.59 Å². The first-order valence-corrected chi connectivity index (χ1v) is 11.1. The molecule has 3 heterocycles. The van der Waals surface area contributed by atoms with Crippen LogP contribution >= 0.6 is 0 Å². The van der Waals surface area contributed by atoms with Crippen molar-refractivity contribution in [2.24, 2.45) is 5.73 Å². The minimum Gasteiger partial charge on any atom is -0.366 e. The Morgan fingerprint density at radius 1 is 1.27 bits per heavy atom. The lowest BCUT2D eigenvalue weighted by Gasteiger charge is -2.19. The van der Waals surface area contributed by atoms with Crippen molar-refractivity contribution in [1.82, 2.24) is 20.0 Å². The number of hydrogen-bond acceptors (Lipinski definition) is 7. The molecule has 4 rings (SSSR count). The molecule has 1 aliphatic rings. The molecule has 1 aromatic carbocycles. The first-order chi connectivity index (χ1) is 15.9. The molecule has 172 valence electrons. The number of aryl methyl sites for hydroxylation is 1. The Morgan fingerprint density at radius 2 is 2.09 bits per heavy atom. The molecule has 1 aliphatic heterocycles. The monoisotopic (exact) mass is 448 g/mol. The van der Waals surface area contributed by atoms with Crippen LogP contribution in [0.2, 0.25) is 0 Å². The van der Waals surface area contributed by atoms with Gasteiger partial charge in [-0.15, -0.1) is 0 Å². The van der Waals surface area contributed by atoms with Crippen LogP contribution in [0.4, 0.5) is 5.95 Å². The summed E-state index contributed by atoms with van der Waals surface area (Å²) in [7, 11) is 3.77. The highest BCUT2D eigenvalue weighted by Crippen LogP contribution is 2.35. The number of benzene rings is 1. The first kappa shape index (κ1) is 22.4. The normalized spacial score (nSPS) is 15.6. The lowest BCUT2D eigenvalue weighted by Crippen LogP contribution is -2.29. The fraction of sp³-hybridized carbons (Fsp3) is 0.375. The highest BCUT2D eigenvalue weighted by Gasteiger charge is 2.32. The summed E-state index contributed by atoms with van der Waals surface area (Å²) in [6.07, 6.45) is 4.22. The van der Waals surface area contributed by atoms with E-state index in [9.17, 15) is 9.59 Å². The summed E-state index contributed by atoms with van der Waals surface area (Å²) in [4.78, 5) is 37.6. The summed E-state index contributed by atoms with van der Waals surface area (Å²) in [5.41, 5.74) is 8.73. The summed E-state index contributed by atoms with van der Waals surface area (Å²) in [6, 6.07) is 8.87. The number of likely N-dealkylation sites (tertiary alicyclic amines) is 1. The van der Waals surface area contributed by atoms with Crippen LogP contribution in [0.5, 0.6) is 0 Å². The number of aromatic nitrogens is 3. The molecule has 1 saturated heterocycles. The number of amides is 2. The molecule has 1 atom stereocenters. The number of nitrogens with zero attached hydrogens (tertiary/aromatic N) is 5. The third kappa shape index (κ3) is 4.72. The Balaban J connectivity index is 1.63. The van der Waals surface area contributed by atoms with Crippen molar-refractivity contribution < 1.29 is 14.1 Å². The molecule has 0 bridgehead atoms. The molecule has 0 radical (unpaired) electrons. The van der Waals surface area contributed by atoms with Gasteiger partial charge in [0.1, 0.15) is 5.76 Å². The highest BCUT2D eigenvalue weighted by atomic mass is 16.5. The Labute approximate surface area is 192 Å². The molecule has 2 N–H and O–H groups in total. The number of hydrogen-bond donors (Lipinski definition) is 1. The number of anilines is 1. The fourth-order valence-corrected chi connectivity index (χ4v) is 4.08. The summed E-state index contributed by atoms with van der Waals surface area (Å²) in [5.74, 6) is 0.703. The molecular formula is C24H28N6O3. The SMILES string of the molecule is CCCc1cc(C(=O)N2CC[C@@H](c3nc(N(C)C)ncc3-c3cccc(C(N)=O)c3)C2)no1. The van der Waals surface area contributed by atoms with Gasteiger partial charge in [0, 0.05) is 62.9 Å². The van der Waals surface area contributed by atoms with Gasteiger partial charge in [-0.1, -0.05) is 24.2 Å². The van der Waals surface area contributed by atoms with E-state index in [0.717, 1.165) is 41.8 Å². The molecule has 0 aliphatic carbocycles. The Hall–Kier alpha value is -3.75. The predicted octanol–water partition coefficient (Wildman–Crippen LogP) is 2.88. The van der Waals surface area contributed by atoms with Gasteiger partial charge in [0.15, 0.2) is 5.69 Å². The Bertz CT molecular complexity index is 1170. The van der Waals surface area contributed by atoms with E-state index < -0.39 is 5.91 Å². The number of nitrogens with two attached hydrogens (primary N) is 1. The maximum absolute atomic E-state index is 13.0. The van der Waals surface area contributed by atoms with E-state index in [-0.39, 0.29) is 11.8 Å². The largest absolute Gasteiger partial charge is 0.366 e. The zero-order valence-electron chi connectivity index (χ0n) is 19.1. The van der Waals surface area contributed by atoms with Crippen LogP contribution in [0.3, 0.4) is 0 Å². The molecule has 2 aromatic heterocycles. The molecular weight excluding hydrogens is 420 g/mol. The highest BCUT2D eigenvalue weighted by molar-refractivity contribution is 5.94. The van der Waals surface area contributed by atoms with Crippen LogP contribution in [0.1, 0.15) is 58.0 Å². The second-order valence-corrected chi connectivity index (χ2v) is 8.47. The Morgan fingerprint density at radius 3 is 2.82 bits per heavy atom. The average molecular weight is 449 g/mol. The lowest BCUT2D eigenvalue weighted by atomic mass is 9.95. The van der Waals surface area contributed by atoms with Crippen molar-refractivity contribution in [1.29, 1.82) is 0 Å². The van der Waals surface area contributed by atoms with E-state index in [1.54, 1.807) is 35.4 Å². The smallest absolute Gasteiger partial charge is 0.276 e. The Kier molecular flexibility index (Phi) is 6.39. The van der Waals surface area contributed by atoms with Crippen LogP contribution in [-0.2, 0) is 6.42 Å². The van der Waals surface area contributed by atoms with Gasteiger partial charge >= 0.3 is 0 Å². The number of rotatable bonds is 7. The summed E-state index contributed by atoms with van der Waals surface area (Å²) in [6.45, 7) is 3.16. The topological polar surface area (TPSA) is 118 Å². The van der Waals surface area contributed by atoms with Gasteiger partial charge < -0.3 is 20.1 Å². The van der Waals surface area contributed by atoms with E-state index in [2.05, 4.69) is 17.1 Å². The van der Waals surface area contributed by atoms with Gasteiger partial charge in [-0.25, -0.2) is 9.97 Å². The third-order valence-corrected chi connectivity index (χ3v) is 5.80. The minimum absolute atomic E-state index is 0.0184.